The maximum atomic E-state index is 12.6. The van der Waals surface area contributed by atoms with E-state index in [2.05, 4.69) is 19.2 Å². The van der Waals surface area contributed by atoms with Crippen LogP contribution in [-0.4, -0.2) is 29.6 Å². The van der Waals surface area contributed by atoms with Crippen LogP contribution in [0.4, 0.5) is 5.69 Å². The Kier molecular flexibility index (Phi) is 4.63. The number of carbonyl (C=O) groups is 1. The molecule has 2 rings (SSSR count). The first-order valence-corrected chi connectivity index (χ1v) is 8.25. The van der Waals surface area contributed by atoms with Crippen LogP contribution in [0.25, 0.3) is 0 Å². The molecule has 20 heavy (non-hydrogen) atoms. The number of hydrogen-bond acceptors (Lipinski definition) is 4. The first-order valence-electron chi connectivity index (χ1n) is 7.10. The van der Waals surface area contributed by atoms with Crippen molar-refractivity contribution in [2.24, 2.45) is 5.41 Å². The zero-order chi connectivity index (χ0) is 14.6. The molecule has 0 bridgehead atoms. The van der Waals surface area contributed by atoms with Crippen molar-refractivity contribution in [2.75, 3.05) is 23.4 Å². The highest BCUT2D eigenvalue weighted by Gasteiger charge is 2.54. The van der Waals surface area contributed by atoms with Crippen molar-refractivity contribution >= 4 is 23.4 Å². The topological polar surface area (TPSA) is 38.3 Å². The lowest BCUT2D eigenvalue weighted by molar-refractivity contribution is -0.152. The van der Waals surface area contributed by atoms with Crippen LogP contribution < -0.4 is 5.32 Å². The van der Waals surface area contributed by atoms with E-state index < -0.39 is 5.54 Å². The van der Waals surface area contributed by atoms with Crippen molar-refractivity contribution in [2.45, 2.75) is 32.7 Å². The van der Waals surface area contributed by atoms with E-state index in [0.717, 1.165) is 23.6 Å². The fourth-order valence-electron chi connectivity index (χ4n) is 2.58. The lowest BCUT2D eigenvalue weighted by Gasteiger charge is -2.48. The Labute approximate surface area is 125 Å². The molecule has 1 saturated heterocycles. The van der Waals surface area contributed by atoms with E-state index in [1.807, 2.05) is 49.0 Å². The Morgan fingerprint density at radius 1 is 1.35 bits per heavy atom. The summed E-state index contributed by atoms with van der Waals surface area (Å²) in [5.74, 6) is 1.69. The molecule has 1 aliphatic rings. The first-order chi connectivity index (χ1) is 9.52. The van der Waals surface area contributed by atoms with Crippen molar-refractivity contribution < 1.29 is 9.53 Å². The van der Waals surface area contributed by atoms with Crippen molar-refractivity contribution in [1.29, 1.82) is 0 Å². The van der Waals surface area contributed by atoms with Gasteiger partial charge < -0.3 is 10.1 Å². The summed E-state index contributed by atoms with van der Waals surface area (Å²) in [6, 6.07) is 9.92. The summed E-state index contributed by atoms with van der Waals surface area (Å²) in [4.78, 5) is 12.6. The number of benzene rings is 1. The van der Waals surface area contributed by atoms with Crippen LogP contribution in [0.2, 0.25) is 0 Å². The zero-order valence-corrected chi connectivity index (χ0v) is 13.3. The minimum absolute atomic E-state index is 0.138. The van der Waals surface area contributed by atoms with Gasteiger partial charge in [-0.1, -0.05) is 32.0 Å². The van der Waals surface area contributed by atoms with Gasteiger partial charge >= 0.3 is 5.97 Å². The highest BCUT2D eigenvalue weighted by Crippen LogP contribution is 2.45. The van der Waals surface area contributed by atoms with E-state index in [-0.39, 0.29) is 11.4 Å². The van der Waals surface area contributed by atoms with Crippen molar-refractivity contribution in [3.05, 3.63) is 30.3 Å². The van der Waals surface area contributed by atoms with Crippen molar-refractivity contribution in [3.63, 3.8) is 0 Å². The molecule has 0 saturated carbocycles. The smallest absolute Gasteiger partial charge is 0.333 e. The second-order valence-electron chi connectivity index (χ2n) is 5.80. The Morgan fingerprint density at radius 3 is 2.65 bits per heavy atom. The summed E-state index contributed by atoms with van der Waals surface area (Å²) in [5, 5.41) is 3.47. The largest absolute Gasteiger partial charge is 0.464 e. The average molecular weight is 293 g/mol. The number of esters is 1. The molecule has 3 nitrogen and oxygen atoms in total. The lowest BCUT2D eigenvalue weighted by Crippen LogP contribution is -2.62. The van der Waals surface area contributed by atoms with Gasteiger partial charge in [-0.2, -0.15) is 11.8 Å². The molecule has 1 aromatic rings. The minimum Gasteiger partial charge on any atom is -0.464 e. The highest BCUT2D eigenvalue weighted by atomic mass is 32.2. The van der Waals surface area contributed by atoms with Crippen LogP contribution in [-0.2, 0) is 9.53 Å². The maximum absolute atomic E-state index is 12.6. The van der Waals surface area contributed by atoms with Crippen LogP contribution in [0.1, 0.15) is 27.2 Å². The summed E-state index contributed by atoms with van der Waals surface area (Å²) in [6.07, 6.45) is 0.996. The van der Waals surface area contributed by atoms with E-state index in [4.69, 9.17) is 4.74 Å². The molecule has 4 heteroatoms. The number of anilines is 1. The van der Waals surface area contributed by atoms with Gasteiger partial charge in [-0.25, -0.2) is 4.79 Å². The predicted octanol–water partition coefficient (Wildman–Crippen LogP) is 3.56. The molecule has 1 fully saturated rings. The van der Waals surface area contributed by atoms with Crippen molar-refractivity contribution in [3.8, 4) is 0 Å². The number of ether oxygens (including phenoxy) is 1. The molecule has 0 aromatic heterocycles. The fourth-order valence-corrected chi connectivity index (χ4v) is 4.26. The monoisotopic (exact) mass is 293 g/mol. The lowest BCUT2D eigenvalue weighted by atomic mass is 9.70. The molecule has 1 heterocycles. The molecule has 1 aliphatic heterocycles. The second-order valence-corrected chi connectivity index (χ2v) is 6.91. The number of thioether (sulfide) groups is 1. The zero-order valence-electron chi connectivity index (χ0n) is 12.4. The molecule has 1 N–H and O–H groups in total. The Balaban J connectivity index is 2.35. The van der Waals surface area contributed by atoms with Crippen LogP contribution in [0.3, 0.4) is 0 Å². The third-order valence-corrected chi connectivity index (χ3v) is 5.23. The van der Waals surface area contributed by atoms with Gasteiger partial charge in [0.05, 0.1) is 6.61 Å². The molecule has 0 aliphatic carbocycles. The third-order valence-electron chi connectivity index (χ3n) is 4.10. The summed E-state index contributed by atoms with van der Waals surface area (Å²) < 4.78 is 5.38. The molecular weight excluding hydrogens is 270 g/mol. The standard InChI is InChI=1S/C16H23NO2S/c1-4-19-14(18)16(12-20-11-10-15(16,2)3)17-13-8-6-5-7-9-13/h5-9,17H,4,10-12H2,1-3H3. The van der Waals surface area contributed by atoms with E-state index in [1.165, 1.54) is 0 Å². The summed E-state index contributed by atoms with van der Waals surface area (Å²) in [5.41, 5.74) is 0.171. The van der Waals surface area contributed by atoms with Gasteiger partial charge in [0.1, 0.15) is 5.54 Å². The van der Waals surface area contributed by atoms with Gasteiger partial charge in [0.2, 0.25) is 0 Å². The predicted molar refractivity (Wildman–Crippen MR) is 85.2 cm³/mol. The van der Waals surface area contributed by atoms with E-state index >= 15 is 0 Å². The van der Waals surface area contributed by atoms with Gasteiger partial charge in [0.15, 0.2) is 0 Å². The normalized spacial score (nSPS) is 24.9. The van der Waals surface area contributed by atoms with E-state index in [9.17, 15) is 4.79 Å². The number of carbonyl (C=O) groups excluding carboxylic acids is 1. The molecule has 0 spiro atoms. The number of nitrogens with one attached hydrogen (secondary N) is 1. The molecule has 1 unspecified atom stereocenters. The quantitative estimate of drug-likeness (QED) is 0.861. The second kappa shape index (κ2) is 6.08. The minimum atomic E-state index is -0.659. The van der Waals surface area contributed by atoms with Crippen LogP contribution in [0, 0.1) is 5.41 Å². The molecular formula is C16H23NO2S. The van der Waals surface area contributed by atoms with Gasteiger partial charge in [0.25, 0.3) is 0 Å². The SMILES string of the molecule is CCOC(=O)C1(Nc2ccccc2)CSCCC1(C)C. The molecule has 1 aromatic carbocycles. The maximum Gasteiger partial charge on any atom is 0.333 e. The molecule has 1 atom stereocenters. The van der Waals surface area contributed by atoms with Gasteiger partial charge in [-0.3, -0.25) is 0 Å². The van der Waals surface area contributed by atoms with Gasteiger partial charge in [0, 0.05) is 16.9 Å². The van der Waals surface area contributed by atoms with Crippen LogP contribution in [0.5, 0.6) is 0 Å². The van der Waals surface area contributed by atoms with Crippen molar-refractivity contribution in [1.82, 2.24) is 0 Å². The Hall–Kier alpha value is -1.16. The Morgan fingerprint density at radius 2 is 2.05 bits per heavy atom. The van der Waals surface area contributed by atoms with Crippen LogP contribution in [0.15, 0.2) is 30.3 Å². The Bertz CT molecular complexity index is 461. The summed E-state index contributed by atoms with van der Waals surface area (Å²) in [6.45, 7) is 6.58. The summed E-state index contributed by atoms with van der Waals surface area (Å²) in [7, 11) is 0. The van der Waals surface area contributed by atoms with Gasteiger partial charge in [-0.05, 0) is 31.2 Å². The molecule has 110 valence electrons. The number of hydrogen-bond donors (Lipinski definition) is 1. The highest BCUT2D eigenvalue weighted by molar-refractivity contribution is 7.99. The number of para-hydroxylation sites is 1. The van der Waals surface area contributed by atoms with Crippen LogP contribution >= 0.6 is 11.8 Å². The number of rotatable bonds is 4. The molecule has 0 radical (unpaired) electrons. The average Bonchev–Trinajstić information content (AvgIpc) is 2.42. The van der Waals surface area contributed by atoms with E-state index in [0.29, 0.717) is 6.61 Å². The van der Waals surface area contributed by atoms with Gasteiger partial charge in [-0.15, -0.1) is 0 Å². The fraction of sp³-hybridized carbons (Fsp3) is 0.562. The first kappa shape index (κ1) is 15.2. The van der Waals surface area contributed by atoms with E-state index in [1.54, 1.807) is 0 Å². The third kappa shape index (κ3) is 2.80. The molecule has 0 amide bonds. The summed E-state index contributed by atoms with van der Waals surface area (Å²) >= 11 is 1.81.